The third kappa shape index (κ3) is 4.89. The number of allylic oxidation sites excluding steroid dienone is 8. The van der Waals surface area contributed by atoms with Crippen molar-refractivity contribution in [2.45, 2.75) is 38.3 Å². The Morgan fingerprint density at radius 2 is 2.00 bits per heavy atom. The molecule has 1 aliphatic carbocycles. The maximum atomic E-state index is 6.43. The van der Waals surface area contributed by atoms with E-state index in [-0.39, 0.29) is 6.23 Å². The summed E-state index contributed by atoms with van der Waals surface area (Å²) in [6.45, 7) is 3.23. The van der Waals surface area contributed by atoms with Crippen molar-refractivity contribution in [1.82, 2.24) is 4.90 Å². The van der Waals surface area contributed by atoms with Crippen molar-refractivity contribution in [3.63, 3.8) is 0 Å². The lowest BCUT2D eigenvalue weighted by Gasteiger charge is -2.30. The summed E-state index contributed by atoms with van der Waals surface area (Å²) in [5.74, 6) is 0.959. The zero-order chi connectivity index (χ0) is 23.5. The molecule has 3 heterocycles. The zero-order valence-corrected chi connectivity index (χ0v) is 20.8. The quantitative estimate of drug-likeness (QED) is 0.412. The van der Waals surface area contributed by atoms with Gasteiger partial charge in [0, 0.05) is 37.0 Å². The fourth-order valence-electron chi connectivity index (χ4n) is 5.18. The maximum absolute atomic E-state index is 6.43. The van der Waals surface area contributed by atoms with E-state index in [0.29, 0.717) is 0 Å². The molecule has 4 heteroatoms. The van der Waals surface area contributed by atoms with Crippen LogP contribution in [-0.4, -0.2) is 56.4 Å². The van der Waals surface area contributed by atoms with Gasteiger partial charge in [-0.05, 0) is 42.6 Å². The van der Waals surface area contributed by atoms with Crippen molar-refractivity contribution < 1.29 is 9.22 Å². The molecule has 1 aromatic rings. The number of para-hydroxylation sites is 1. The first-order chi connectivity index (χ1) is 16.5. The summed E-state index contributed by atoms with van der Waals surface area (Å²) >= 11 is 0. The van der Waals surface area contributed by atoms with Crippen LogP contribution in [0.2, 0.25) is 0 Å². The van der Waals surface area contributed by atoms with E-state index in [0.717, 1.165) is 41.9 Å². The SMILES string of the molecule is C[N+](C)(C)CCCN1C=CC(=CC=C2CCCCCN3C4=[C+]C=CC=C4OC23)c2ccccc21. The summed E-state index contributed by atoms with van der Waals surface area (Å²) in [5.41, 5.74) is 6.34. The molecule has 4 aliphatic rings. The van der Waals surface area contributed by atoms with Gasteiger partial charge in [0.1, 0.15) is 6.08 Å². The highest BCUT2D eigenvalue weighted by molar-refractivity contribution is 5.86. The standard InChI is InChI=1S/C30H37N3O/c1-33(2,3)23-11-20-31-22-19-24(26-13-6-7-14-27(26)31)17-18-25-12-5-4-10-21-32-28-15-8-9-16-29(28)34-30(25)32/h6-9,13-14,16-19,22,30H,4-5,10-12,20-21,23H2,1-3H3/q+2. The highest BCUT2D eigenvalue weighted by Crippen LogP contribution is 2.38. The van der Waals surface area contributed by atoms with Crippen LogP contribution in [0.25, 0.3) is 5.57 Å². The molecule has 0 radical (unpaired) electrons. The van der Waals surface area contributed by atoms with Gasteiger partial charge in [-0.25, -0.2) is 0 Å². The van der Waals surface area contributed by atoms with Gasteiger partial charge in [0.25, 0.3) is 11.5 Å². The second-order valence-corrected chi connectivity index (χ2v) is 10.6. The molecule has 2 fully saturated rings. The van der Waals surface area contributed by atoms with Gasteiger partial charge < -0.3 is 14.1 Å². The minimum Gasteiger partial charge on any atom is -0.403 e. The van der Waals surface area contributed by atoms with Crippen LogP contribution in [0, 0.1) is 6.08 Å². The predicted molar refractivity (Wildman–Crippen MR) is 141 cm³/mol. The molecule has 0 amide bonds. The van der Waals surface area contributed by atoms with E-state index < -0.39 is 0 Å². The van der Waals surface area contributed by atoms with Gasteiger partial charge in [0.15, 0.2) is 0 Å². The second-order valence-electron chi connectivity index (χ2n) is 10.6. The van der Waals surface area contributed by atoms with Crippen molar-refractivity contribution in [2.75, 3.05) is 45.7 Å². The minimum absolute atomic E-state index is 0.0133. The monoisotopic (exact) mass is 455 g/mol. The van der Waals surface area contributed by atoms with Crippen molar-refractivity contribution in [3.8, 4) is 0 Å². The first-order valence-electron chi connectivity index (χ1n) is 12.7. The first kappa shape index (κ1) is 22.7. The lowest BCUT2D eigenvalue weighted by Crippen LogP contribution is -2.37. The molecule has 0 bridgehead atoms. The molecular formula is C30H37N3O+2. The average molecular weight is 456 g/mol. The Morgan fingerprint density at radius 1 is 1.12 bits per heavy atom. The Kier molecular flexibility index (Phi) is 6.45. The van der Waals surface area contributed by atoms with Crippen LogP contribution >= 0.6 is 0 Å². The van der Waals surface area contributed by atoms with Crippen LogP contribution < -0.4 is 4.90 Å². The van der Waals surface area contributed by atoms with Crippen LogP contribution in [0.15, 0.2) is 84.0 Å². The van der Waals surface area contributed by atoms with E-state index in [1.165, 1.54) is 48.2 Å². The number of nitrogens with zero attached hydrogens (tertiary/aromatic N) is 3. The second kappa shape index (κ2) is 9.66. The smallest absolute Gasteiger partial charge is 0.262 e. The van der Waals surface area contributed by atoms with Gasteiger partial charge in [-0.2, -0.15) is 0 Å². The number of benzene rings is 1. The van der Waals surface area contributed by atoms with Gasteiger partial charge in [0.2, 0.25) is 6.23 Å². The van der Waals surface area contributed by atoms with Crippen LogP contribution in [0.3, 0.4) is 0 Å². The van der Waals surface area contributed by atoms with E-state index in [4.69, 9.17) is 4.74 Å². The number of fused-ring (bicyclic) bond motifs is 4. The first-order valence-corrected chi connectivity index (χ1v) is 12.7. The average Bonchev–Trinajstić information content (AvgIpc) is 3.16. The van der Waals surface area contributed by atoms with E-state index in [9.17, 15) is 0 Å². The van der Waals surface area contributed by atoms with Crippen molar-refractivity contribution in [2.24, 2.45) is 0 Å². The Hall–Kier alpha value is -3.07. The van der Waals surface area contributed by atoms with E-state index >= 15 is 0 Å². The maximum Gasteiger partial charge on any atom is 0.262 e. The van der Waals surface area contributed by atoms with E-state index in [1.807, 2.05) is 12.2 Å². The molecule has 0 N–H and O–H groups in total. The summed E-state index contributed by atoms with van der Waals surface area (Å²) in [4.78, 5) is 4.80. The van der Waals surface area contributed by atoms with Crippen molar-refractivity contribution in [1.29, 1.82) is 0 Å². The van der Waals surface area contributed by atoms with Gasteiger partial charge in [-0.3, -0.25) is 4.90 Å². The van der Waals surface area contributed by atoms with Gasteiger partial charge >= 0.3 is 0 Å². The fraction of sp³-hybridized carbons (Fsp3) is 0.400. The molecule has 1 unspecified atom stereocenters. The summed E-state index contributed by atoms with van der Waals surface area (Å²) in [6, 6.07) is 8.79. The third-order valence-electron chi connectivity index (χ3n) is 6.95. The minimum atomic E-state index is -0.0133. The number of hydrogen-bond donors (Lipinski definition) is 0. The predicted octanol–water partition coefficient (Wildman–Crippen LogP) is 5.80. The van der Waals surface area contributed by atoms with Crippen LogP contribution in [0.4, 0.5) is 5.69 Å². The summed E-state index contributed by atoms with van der Waals surface area (Å²) in [6.07, 6.45) is 24.5. The molecule has 2 saturated heterocycles. The summed E-state index contributed by atoms with van der Waals surface area (Å²) < 4.78 is 7.43. The van der Waals surface area contributed by atoms with E-state index in [1.54, 1.807) is 0 Å². The molecule has 3 aliphatic heterocycles. The van der Waals surface area contributed by atoms with Gasteiger partial charge in [0.05, 0.1) is 45.9 Å². The van der Waals surface area contributed by atoms with Crippen molar-refractivity contribution >= 4 is 11.3 Å². The van der Waals surface area contributed by atoms with Crippen LogP contribution in [0.1, 0.15) is 37.7 Å². The number of quaternary nitrogens is 1. The Balaban J connectivity index is 1.39. The highest BCUT2D eigenvalue weighted by Gasteiger charge is 2.42. The van der Waals surface area contributed by atoms with Gasteiger partial charge in [-0.15, -0.1) is 0 Å². The molecule has 0 saturated carbocycles. The number of anilines is 1. The number of hydrogen-bond acceptors (Lipinski definition) is 3. The Morgan fingerprint density at radius 3 is 2.88 bits per heavy atom. The molecular weight excluding hydrogens is 418 g/mol. The zero-order valence-electron chi connectivity index (χ0n) is 20.8. The molecule has 34 heavy (non-hydrogen) atoms. The number of rotatable bonds is 5. The highest BCUT2D eigenvalue weighted by atomic mass is 16.5. The normalized spacial score (nSPS) is 23.9. The van der Waals surface area contributed by atoms with Crippen LogP contribution in [-0.2, 0) is 4.74 Å². The van der Waals surface area contributed by atoms with Crippen molar-refractivity contribution in [3.05, 3.63) is 95.6 Å². The lowest BCUT2D eigenvalue weighted by atomic mass is 9.97. The summed E-state index contributed by atoms with van der Waals surface area (Å²) in [5, 5.41) is 0. The van der Waals surface area contributed by atoms with E-state index in [2.05, 4.69) is 91.8 Å². The molecule has 176 valence electrons. The molecule has 1 atom stereocenters. The Bertz CT molecular complexity index is 1100. The molecule has 5 rings (SSSR count). The topological polar surface area (TPSA) is 15.7 Å². The van der Waals surface area contributed by atoms with Gasteiger partial charge in [-0.1, -0.05) is 36.8 Å². The number of ether oxygens (including phenoxy) is 1. The molecule has 0 spiro atoms. The largest absolute Gasteiger partial charge is 0.403 e. The molecule has 4 nitrogen and oxygen atoms in total. The summed E-state index contributed by atoms with van der Waals surface area (Å²) in [7, 11) is 6.78. The fourth-order valence-corrected chi connectivity index (χ4v) is 5.18. The Labute approximate surface area is 205 Å². The molecule has 0 aromatic heterocycles. The van der Waals surface area contributed by atoms with Crippen LogP contribution in [0.5, 0.6) is 0 Å². The lowest BCUT2D eigenvalue weighted by molar-refractivity contribution is -0.870. The third-order valence-corrected chi connectivity index (χ3v) is 6.95. The molecule has 1 aromatic carbocycles.